The van der Waals surface area contributed by atoms with Gasteiger partial charge in [-0.1, -0.05) is 11.6 Å². The predicted molar refractivity (Wildman–Crippen MR) is 122 cm³/mol. The minimum atomic E-state index is -0.0391. The van der Waals surface area contributed by atoms with Crippen molar-refractivity contribution < 1.29 is 9.53 Å². The van der Waals surface area contributed by atoms with Crippen molar-refractivity contribution in [1.29, 1.82) is 0 Å². The van der Waals surface area contributed by atoms with Crippen LogP contribution in [-0.4, -0.2) is 51.5 Å². The Morgan fingerprint density at radius 3 is 2.78 bits per heavy atom. The molecular weight excluding hydrogens is 430 g/mol. The van der Waals surface area contributed by atoms with Gasteiger partial charge in [0.1, 0.15) is 6.61 Å². The maximum atomic E-state index is 12.0. The molecule has 0 unspecified atom stereocenters. The number of ether oxygens (including phenoxy) is 1. The Morgan fingerprint density at radius 1 is 1.19 bits per heavy atom. The number of rotatable bonds is 5. The molecule has 32 heavy (non-hydrogen) atoms. The highest BCUT2D eigenvalue weighted by Crippen LogP contribution is 2.32. The highest BCUT2D eigenvalue weighted by Gasteiger charge is 2.24. The van der Waals surface area contributed by atoms with Crippen LogP contribution >= 0.6 is 11.6 Å². The lowest BCUT2D eigenvalue weighted by Crippen LogP contribution is -2.41. The van der Waals surface area contributed by atoms with E-state index >= 15 is 0 Å². The van der Waals surface area contributed by atoms with E-state index in [4.69, 9.17) is 22.1 Å². The molecule has 1 aromatic carbocycles. The highest BCUT2D eigenvalue weighted by molar-refractivity contribution is 6.32. The van der Waals surface area contributed by atoms with Gasteiger partial charge in [0.2, 0.25) is 5.95 Å². The van der Waals surface area contributed by atoms with E-state index in [0.717, 1.165) is 36.2 Å². The van der Waals surface area contributed by atoms with Gasteiger partial charge in [-0.05, 0) is 43.5 Å². The summed E-state index contributed by atoms with van der Waals surface area (Å²) in [5, 5.41) is 8.16. The van der Waals surface area contributed by atoms with Crippen LogP contribution in [0.2, 0.25) is 5.02 Å². The zero-order valence-corrected chi connectivity index (χ0v) is 18.2. The van der Waals surface area contributed by atoms with Crippen LogP contribution in [0.15, 0.2) is 42.9 Å². The molecule has 2 fully saturated rings. The lowest BCUT2D eigenvalue weighted by Gasteiger charge is -2.26. The number of nitrogens with zero attached hydrogens (tertiary/aromatic N) is 5. The second-order valence-electron chi connectivity index (χ2n) is 8.10. The minimum Gasteiger partial charge on any atom is -0.370 e. The number of benzene rings is 1. The van der Waals surface area contributed by atoms with E-state index in [9.17, 15) is 4.79 Å². The van der Waals surface area contributed by atoms with Crippen molar-refractivity contribution in [3.8, 4) is 11.3 Å². The van der Waals surface area contributed by atoms with Crippen LogP contribution < -0.4 is 16.0 Å². The fourth-order valence-corrected chi connectivity index (χ4v) is 4.37. The van der Waals surface area contributed by atoms with Crippen LogP contribution in [0.3, 0.4) is 0 Å². The average molecular weight is 454 g/mol. The summed E-state index contributed by atoms with van der Waals surface area (Å²) in [5.74, 6) is 0.387. The zero-order chi connectivity index (χ0) is 22.1. The molecule has 1 amide bonds. The van der Waals surface area contributed by atoms with Crippen LogP contribution in [0.25, 0.3) is 11.3 Å². The molecule has 2 atom stereocenters. The molecule has 10 heteroatoms. The third-order valence-electron chi connectivity index (χ3n) is 5.86. The van der Waals surface area contributed by atoms with Gasteiger partial charge in [0, 0.05) is 35.7 Å². The number of carbonyl (C=O) groups excluding carboxylic acids is 1. The Bertz CT molecular complexity index is 1120. The highest BCUT2D eigenvalue weighted by atomic mass is 35.5. The maximum absolute atomic E-state index is 12.0. The Morgan fingerprint density at radius 2 is 2.03 bits per heavy atom. The second kappa shape index (κ2) is 8.85. The number of nitrogens with one attached hydrogen (secondary N) is 1. The molecule has 0 spiro atoms. The van der Waals surface area contributed by atoms with Gasteiger partial charge >= 0.3 is 0 Å². The van der Waals surface area contributed by atoms with E-state index in [1.54, 1.807) is 17.3 Å². The molecule has 3 heterocycles. The smallest absolute Gasteiger partial charge is 0.253 e. The van der Waals surface area contributed by atoms with Crippen molar-refractivity contribution >= 4 is 34.8 Å². The van der Waals surface area contributed by atoms with Gasteiger partial charge in [-0.15, -0.1) is 0 Å². The minimum absolute atomic E-state index is 0.0391. The van der Waals surface area contributed by atoms with E-state index in [0.29, 0.717) is 35.9 Å². The zero-order valence-electron chi connectivity index (χ0n) is 17.4. The molecule has 0 bridgehead atoms. The van der Waals surface area contributed by atoms with E-state index in [-0.39, 0.29) is 18.6 Å². The first-order valence-electron chi connectivity index (χ1n) is 10.6. The van der Waals surface area contributed by atoms with Crippen LogP contribution in [0.5, 0.6) is 0 Å². The molecule has 9 nitrogen and oxygen atoms in total. The third-order valence-corrected chi connectivity index (χ3v) is 6.14. The van der Waals surface area contributed by atoms with Gasteiger partial charge in [0.05, 0.1) is 35.8 Å². The molecule has 1 aliphatic heterocycles. The third kappa shape index (κ3) is 4.32. The lowest BCUT2D eigenvalue weighted by atomic mass is 10.2. The van der Waals surface area contributed by atoms with Gasteiger partial charge in [0.25, 0.3) is 5.91 Å². The second-order valence-corrected chi connectivity index (χ2v) is 8.50. The first kappa shape index (κ1) is 20.9. The summed E-state index contributed by atoms with van der Waals surface area (Å²) >= 11 is 6.39. The van der Waals surface area contributed by atoms with Gasteiger partial charge < -0.3 is 20.7 Å². The SMILES string of the molecule is N[C@H]1CC[C@@H](n2cc(-c3nc(Nc4ccc(N5CCOCC5=O)cc4)ncc3Cl)cn2)C1. The molecule has 2 aliphatic rings. The van der Waals surface area contributed by atoms with Gasteiger partial charge in [-0.2, -0.15) is 5.10 Å². The molecule has 0 radical (unpaired) electrons. The number of amides is 1. The maximum Gasteiger partial charge on any atom is 0.253 e. The summed E-state index contributed by atoms with van der Waals surface area (Å²) in [6.07, 6.45) is 8.29. The molecule has 1 aliphatic carbocycles. The summed E-state index contributed by atoms with van der Waals surface area (Å²) in [7, 11) is 0. The molecule has 3 aromatic rings. The standard InChI is InChI=1S/C22H24ClN7O2/c23-19-11-25-22(27-16-2-5-17(6-3-16)29-7-8-32-13-20(29)31)28-21(19)14-10-26-30(12-14)18-4-1-15(24)9-18/h2-3,5-6,10-12,15,18H,1,4,7-9,13,24H2,(H,25,27,28)/t15-,18+/m0/s1. The van der Waals surface area contributed by atoms with E-state index in [1.165, 1.54) is 0 Å². The van der Waals surface area contributed by atoms with E-state index in [2.05, 4.69) is 20.4 Å². The summed E-state index contributed by atoms with van der Waals surface area (Å²) < 4.78 is 7.14. The van der Waals surface area contributed by atoms with Crippen molar-refractivity contribution in [3.63, 3.8) is 0 Å². The Hall–Kier alpha value is -3.01. The largest absolute Gasteiger partial charge is 0.370 e. The number of hydrogen-bond acceptors (Lipinski definition) is 7. The van der Waals surface area contributed by atoms with Gasteiger partial charge in [-0.3, -0.25) is 9.48 Å². The first-order chi connectivity index (χ1) is 15.6. The van der Waals surface area contributed by atoms with Crippen molar-refractivity contribution in [2.45, 2.75) is 31.3 Å². The summed E-state index contributed by atoms with van der Waals surface area (Å²) in [4.78, 5) is 22.6. The molecule has 1 saturated heterocycles. The van der Waals surface area contributed by atoms with Crippen LogP contribution in [-0.2, 0) is 9.53 Å². The van der Waals surface area contributed by atoms with Crippen LogP contribution in [0.4, 0.5) is 17.3 Å². The average Bonchev–Trinajstić information content (AvgIpc) is 3.45. The Labute approximate surface area is 190 Å². The van der Waals surface area contributed by atoms with Crippen molar-refractivity contribution in [2.75, 3.05) is 30.0 Å². The number of nitrogens with two attached hydrogens (primary N) is 1. The molecule has 1 saturated carbocycles. The number of carbonyl (C=O) groups is 1. The van der Waals surface area contributed by atoms with Crippen molar-refractivity contribution in [3.05, 3.63) is 47.9 Å². The number of hydrogen-bond donors (Lipinski definition) is 2. The fraction of sp³-hybridized carbons (Fsp3) is 0.364. The Kier molecular flexibility index (Phi) is 5.77. The monoisotopic (exact) mass is 453 g/mol. The number of morpholine rings is 1. The lowest BCUT2D eigenvalue weighted by molar-refractivity contribution is -0.125. The summed E-state index contributed by atoms with van der Waals surface area (Å²) in [6, 6.07) is 8.10. The quantitative estimate of drug-likeness (QED) is 0.610. The topological polar surface area (TPSA) is 111 Å². The molecular formula is C22H24ClN7O2. The molecule has 166 valence electrons. The van der Waals surface area contributed by atoms with E-state index in [1.807, 2.05) is 35.1 Å². The predicted octanol–water partition coefficient (Wildman–Crippen LogP) is 3.15. The van der Waals surface area contributed by atoms with E-state index < -0.39 is 0 Å². The molecule has 3 N–H and O–H groups in total. The summed E-state index contributed by atoms with van der Waals surface area (Å²) in [6.45, 7) is 1.21. The van der Waals surface area contributed by atoms with Gasteiger partial charge in [-0.25, -0.2) is 9.97 Å². The van der Waals surface area contributed by atoms with Crippen LogP contribution in [0, 0.1) is 0 Å². The normalized spacial score (nSPS) is 21.2. The molecule has 5 rings (SSSR count). The van der Waals surface area contributed by atoms with Crippen molar-refractivity contribution in [1.82, 2.24) is 19.7 Å². The molecule has 2 aromatic heterocycles. The fourth-order valence-electron chi connectivity index (χ4n) is 4.17. The first-order valence-corrected chi connectivity index (χ1v) is 11.0. The Balaban J connectivity index is 1.32. The van der Waals surface area contributed by atoms with Gasteiger partial charge in [0.15, 0.2) is 0 Å². The number of halogens is 1. The summed E-state index contributed by atoms with van der Waals surface area (Å²) in [5.41, 5.74) is 9.13. The number of anilines is 3. The number of aromatic nitrogens is 4. The van der Waals surface area contributed by atoms with Crippen molar-refractivity contribution in [2.24, 2.45) is 5.73 Å². The van der Waals surface area contributed by atoms with Crippen LogP contribution in [0.1, 0.15) is 25.3 Å².